The van der Waals surface area contributed by atoms with E-state index in [9.17, 15) is 13.2 Å². The number of rotatable bonds is 8. The van der Waals surface area contributed by atoms with Crippen molar-refractivity contribution in [3.63, 3.8) is 0 Å². The Hall–Kier alpha value is -1.90. The number of ether oxygens (including phenoxy) is 1. The summed E-state index contributed by atoms with van der Waals surface area (Å²) in [6.07, 6.45) is 4.55. The quantitative estimate of drug-likeness (QED) is 0.571. The molecule has 1 saturated carbocycles. The first-order chi connectivity index (χ1) is 14.4. The van der Waals surface area contributed by atoms with E-state index in [-0.39, 0.29) is 23.4 Å². The molecule has 0 atom stereocenters. The lowest BCUT2D eigenvalue weighted by Gasteiger charge is -2.33. The van der Waals surface area contributed by atoms with Gasteiger partial charge >= 0.3 is 0 Å². The summed E-state index contributed by atoms with van der Waals surface area (Å²) in [4.78, 5) is 12.9. The zero-order valence-corrected chi connectivity index (χ0v) is 19.4. The summed E-state index contributed by atoms with van der Waals surface area (Å²) < 4.78 is 34.5. The Labute approximate surface area is 186 Å². The van der Waals surface area contributed by atoms with Gasteiger partial charge in [0.05, 0.1) is 18.0 Å². The molecule has 1 aliphatic rings. The monoisotopic (exact) mass is 494 g/mol. The summed E-state index contributed by atoms with van der Waals surface area (Å²) in [6.45, 7) is 2.17. The lowest BCUT2D eigenvalue weighted by atomic mass is 9.95. The Morgan fingerprint density at radius 2 is 1.83 bits per heavy atom. The number of benzene rings is 2. The third-order valence-corrected chi connectivity index (χ3v) is 7.54. The first-order valence-electron chi connectivity index (χ1n) is 10.2. The summed E-state index contributed by atoms with van der Waals surface area (Å²) >= 11 is 3.38. The highest BCUT2D eigenvalue weighted by Crippen LogP contribution is 2.29. The van der Waals surface area contributed by atoms with E-state index < -0.39 is 10.0 Å². The SMILES string of the molecule is CCOc1ccc(S(=O)(=O)N(CC(=O)Nc2cccc(Br)c2)C2CCCCC2)cc1. The summed E-state index contributed by atoms with van der Waals surface area (Å²) in [5, 5.41) is 2.81. The highest BCUT2D eigenvalue weighted by atomic mass is 79.9. The lowest BCUT2D eigenvalue weighted by molar-refractivity contribution is -0.116. The molecule has 162 valence electrons. The number of sulfonamides is 1. The zero-order chi connectivity index (χ0) is 21.6. The largest absolute Gasteiger partial charge is 0.494 e. The van der Waals surface area contributed by atoms with Crippen molar-refractivity contribution in [2.45, 2.75) is 50.0 Å². The minimum absolute atomic E-state index is 0.173. The number of hydrogen-bond acceptors (Lipinski definition) is 4. The second kappa shape index (κ2) is 10.4. The average Bonchev–Trinajstić information content (AvgIpc) is 2.73. The number of anilines is 1. The highest BCUT2D eigenvalue weighted by molar-refractivity contribution is 9.10. The maximum atomic E-state index is 13.4. The Bertz CT molecular complexity index is 957. The van der Waals surface area contributed by atoms with Crippen molar-refractivity contribution in [1.29, 1.82) is 0 Å². The third-order valence-electron chi connectivity index (χ3n) is 5.13. The highest BCUT2D eigenvalue weighted by Gasteiger charge is 2.34. The number of carbonyl (C=O) groups is 1. The van der Waals surface area contributed by atoms with Crippen LogP contribution in [0.4, 0.5) is 5.69 Å². The number of nitrogens with zero attached hydrogens (tertiary/aromatic N) is 1. The molecule has 30 heavy (non-hydrogen) atoms. The van der Waals surface area contributed by atoms with Gasteiger partial charge in [-0.05, 0) is 62.2 Å². The van der Waals surface area contributed by atoms with Crippen LogP contribution in [0.1, 0.15) is 39.0 Å². The molecule has 1 N–H and O–H groups in total. The van der Waals surface area contributed by atoms with E-state index in [0.29, 0.717) is 18.0 Å². The van der Waals surface area contributed by atoms with E-state index in [1.54, 1.807) is 36.4 Å². The number of nitrogens with one attached hydrogen (secondary N) is 1. The van der Waals surface area contributed by atoms with Gasteiger partial charge in [0.15, 0.2) is 0 Å². The Balaban J connectivity index is 1.83. The van der Waals surface area contributed by atoms with Crippen molar-refractivity contribution in [2.75, 3.05) is 18.5 Å². The van der Waals surface area contributed by atoms with Gasteiger partial charge in [-0.2, -0.15) is 4.31 Å². The van der Waals surface area contributed by atoms with Crippen LogP contribution in [-0.4, -0.2) is 37.8 Å². The number of amides is 1. The van der Waals surface area contributed by atoms with E-state index in [4.69, 9.17) is 4.74 Å². The van der Waals surface area contributed by atoms with Gasteiger partial charge in [-0.25, -0.2) is 8.42 Å². The third kappa shape index (κ3) is 5.83. The van der Waals surface area contributed by atoms with Gasteiger partial charge in [-0.15, -0.1) is 0 Å². The van der Waals surface area contributed by atoms with Gasteiger partial charge in [0, 0.05) is 16.2 Å². The molecule has 0 aliphatic heterocycles. The van der Waals surface area contributed by atoms with Crippen LogP contribution in [0.2, 0.25) is 0 Å². The lowest BCUT2D eigenvalue weighted by Crippen LogP contribution is -2.45. The minimum atomic E-state index is -3.82. The summed E-state index contributed by atoms with van der Waals surface area (Å²) in [5.41, 5.74) is 0.622. The van der Waals surface area contributed by atoms with Crippen molar-refractivity contribution in [2.24, 2.45) is 0 Å². The molecule has 0 aromatic heterocycles. The number of carbonyl (C=O) groups excluding carboxylic acids is 1. The summed E-state index contributed by atoms with van der Waals surface area (Å²) in [6, 6.07) is 13.4. The molecule has 1 aliphatic carbocycles. The fourth-order valence-electron chi connectivity index (χ4n) is 3.70. The Kier molecular flexibility index (Phi) is 7.91. The predicted molar refractivity (Wildman–Crippen MR) is 121 cm³/mol. The van der Waals surface area contributed by atoms with Crippen LogP contribution >= 0.6 is 15.9 Å². The fourth-order valence-corrected chi connectivity index (χ4v) is 5.74. The zero-order valence-electron chi connectivity index (χ0n) is 17.0. The van der Waals surface area contributed by atoms with Crippen molar-refractivity contribution < 1.29 is 17.9 Å². The molecule has 6 nitrogen and oxygen atoms in total. The molecule has 3 rings (SSSR count). The van der Waals surface area contributed by atoms with E-state index in [0.717, 1.165) is 36.6 Å². The van der Waals surface area contributed by atoms with E-state index in [2.05, 4.69) is 21.2 Å². The molecule has 0 spiro atoms. The van der Waals surface area contributed by atoms with Gasteiger partial charge in [0.25, 0.3) is 0 Å². The maximum Gasteiger partial charge on any atom is 0.243 e. The topological polar surface area (TPSA) is 75.7 Å². The molecule has 8 heteroatoms. The molecule has 2 aromatic carbocycles. The molecular formula is C22H27BrN2O4S. The van der Waals surface area contributed by atoms with Gasteiger partial charge in [0.2, 0.25) is 15.9 Å². The van der Waals surface area contributed by atoms with E-state index in [1.165, 1.54) is 4.31 Å². The molecule has 2 aromatic rings. The second-order valence-corrected chi connectivity index (χ2v) is 10.1. The Morgan fingerprint density at radius 3 is 2.47 bits per heavy atom. The normalized spacial score (nSPS) is 15.2. The molecule has 1 amide bonds. The predicted octanol–water partition coefficient (Wildman–Crippen LogP) is 4.81. The van der Waals surface area contributed by atoms with Gasteiger partial charge in [-0.3, -0.25) is 4.79 Å². The Morgan fingerprint density at radius 1 is 1.13 bits per heavy atom. The summed E-state index contributed by atoms with van der Waals surface area (Å²) in [7, 11) is -3.82. The van der Waals surface area contributed by atoms with Gasteiger partial charge in [-0.1, -0.05) is 41.3 Å². The van der Waals surface area contributed by atoms with E-state index in [1.807, 2.05) is 19.1 Å². The molecular weight excluding hydrogens is 468 g/mol. The average molecular weight is 495 g/mol. The molecule has 0 heterocycles. The van der Waals surface area contributed by atoms with Crippen LogP contribution in [0.15, 0.2) is 57.9 Å². The van der Waals surface area contributed by atoms with E-state index >= 15 is 0 Å². The fraction of sp³-hybridized carbons (Fsp3) is 0.409. The first kappa shape index (κ1) is 22.8. The maximum absolute atomic E-state index is 13.4. The van der Waals surface area contributed by atoms with Crippen molar-refractivity contribution in [1.82, 2.24) is 4.31 Å². The second-order valence-electron chi connectivity index (χ2n) is 7.31. The van der Waals surface area contributed by atoms with Gasteiger partial charge in [0.1, 0.15) is 5.75 Å². The first-order valence-corrected chi connectivity index (χ1v) is 12.4. The smallest absolute Gasteiger partial charge is 0.243 e. The van der Waals surface area contributed by atoms with Crippen molar-refractivity contribution in [3.05, 3.63) is 53.0 Å². The van der Waals surface area contributed by atoms with Crippen molar-refractivity contribution in [3.8, 4) is 5.75 Å². The standard InChI is InChI=1S/C22H27BrN2O4S/c1-2-29-20-11-13-21(14-12-20)30(27,28)25(19-9-4-3-5-10-19)16-22(26)24-18-8-6-7-17(23)15-18/h6-8,11-15,19H,2-5,9-10,16H2,1H3,(H,24,26). The molecule has 0 radical (unpaired) electrons. The van der Waals surface area contributed by atoms with Crippen LogP contribution in [0, 0.1) is 0 Å². The van der Waals surface area contributed by atoms with Crippen LogP contribution in [0.25, 0.3) is 0 Å². The molecule has 0 saturated heterocycles. The number of halogens is 1. The van der Waals surface area contributed by atoms with Gasteiger partial charge < -0.3 is 10.1 Å². The number of hydrogen-bond donors (Lipinski definition) is 1. The molecule has 0 unspecified atom stereocenters. The van der Waals surface area contributed by atoms with Crippen LogP contribution < -0.4 is 10.1 Å². The molecule has 0 bridgehead atoms. The van der Waals surface area contributed by atoms with Crippen LogP contribution in [0.5, 0.6) is 5.75 Å². The summed E-state index contributed by atoms with van der Waals surface area (Å²) in [5.74, 6) is 0.265. The van der Waals surface area contributed by atoms with Crippen LogP contribution in [-0.2, 0) is 14.8 Å². The molecule has 1 fully saturated rings. The minimum Gasteiger partial charge on any atom is -0.494 e. The van der Waals surface area contributed by atoms with Crippen molar-refractivity contribution >= 4 is 37.5 Å². The van der Waals surface area contributed by atoms with Crippen LogP contribution in [0.3, 0.4) is 0 Å².